The SMILES string of the molecule is O=C(Cc1ccc(C(=O)O)cc1)NCCCN1C(=O)COc2ccccc21. The highest BCUT2D eigenvalue weighted by Crippen LogP contribution is 2.31. The first-order chi connectivity index (χ1) is 13.0. The van der Waals surface area contributed by atoms with Crippen molar-refractivity contribution in [3.63, 3.8) is 0 Å². The molecule has 140 valence electrons. The minimum atomic E-state index is -0.995. The Hall–Kier alpha value is -3.35. The number of nitrogens with zero attached hydrogens (tertiary/aromatic N) is 1. The number of anilines is 1. The van der Waals surface area contributed by atoms with E-state index in [1.807, 2.05) is 24.3 Å². The summed E-state index contributed by atoms with van der Waals surface area (Å²) in [6.45, 7) is 0.960. The lowest BCUT2D eigenvalue weighted by molar-refractivity contribution is -0.121. The summed E-state index contributed by atoms with van der Waals surface area (Å²) >= 11 is 0. The third-order valence-corrected chi connectivity index (χ3v) is 4.25. The van der Waals surface area contributed by atoms with Crippen molar-refractivity contribution in [3.05, 3.63) is 59.7 Å². The van der Waals surface area contributed by atoms with E-state index in [2.05, 4.69) is 5.32 Å². The summed E-state index contributed by atoms with van der Waals surface area (Å²) in [6, 6.07) is 13.6. The molecule has 0 unspecified atom stereocenters. The maximum atomic E-state index is 12.1. The molecule has 1 heterocycles. The Morgan fingerprint density at radius 2 is 1.85 bits per heavy atom. The van der Waals surface area contributed by atoms with Gasteiger partial charge < -0.3 is 20.1 Å². The summed E-state index contributed by atoms with van der Waals surface area (Å²) in [5, 5.41) is 11.7. The lowest BCUT2D eigenvalue weighted by atomic mass is 10.1. The lowest BCUT2D eigenvalue weighted by Crippen LogP contribution is -2.40. The predicted molar refractivity (Wildman–Crippen MR) is 99.0 cm³/mol. The number of aromatic carboxylic acids is 1. The Morgan fingerprint density at radius 1 is 1.11 bits per heavy atom. The van der Waals surface area contributed by atoms with Gasteiger partial charge in [0.15, 0.2) is 6.61 Å². The molecule has 27 heavy (non-hydrogen) atoms. The molecule has 0 atom stereocenters. The molecule has 3 rings (SSSR count). The minimum absolute atomic E-state index is 0.0235. The van der Waals surface area contributed by atoms with Crippen molar-refractivity contribution in [3.8, 4) is 5.75 Å². The normalized spacial score (nSPS) is 12.9. The highest BCUT2D eigenvalue weighted by atomic mass is 16.5. The molecule has 7 nitrogen and oxygen atoms in total. The molecule has 2 aromatic rings. The Balaban J connectivity index is 1.45. The largest absolute Gasteiger partial charge is 0.482 e. The van der Waals surface area contributed by atoms with Crippen LogP contribution in [0, 0.1) is 0 Å². The van der Waals surface area contributed by atoms with Crippen LogP contribution in [0.4, 0.5) is 5.69 Å². The number of carboxylic acid groups (broad SMARTS) is 1. The Labute approximate surface area is 156 Å². The van der Waals surface area contributed by atoms with Crippen molar-refractivity contribution in [2.45, 2.75) is 12.8 Å². The molecule has 2 N–H and O–H groups in total. The smallest absolute Gasteiger partial charge is 0.335 e. The lowest BCUT2D eigenvalue weighted by Gasteiger charge is -2.29. The summed E-state index contributed by atoms with van der Waals surface area (Å²) in [4.78, 5) is 36.6. The number of hydrogen-bond donors (Lipinski definition) is 2. The maximum absolute atomic E-state index is 12.1. The summed E-state index contributed by atoms with van der Waals surface area (Å²) < 4.78 is 5.40. The molecule has 1 aliphatic heterocycles. The van der Waals surface area contributed by atoms with Gasteiger partial charge >= 0.3 is 5.97 Å². The minimum Gasteiger partial charge on any atom is -0.482 e. The topological polar surface area (TPSA) is 95.9 Å². The number of carbonyl (C=O) groups excluding carboxylic acids is 2. The highest BCUT2D eigenvalue weighted by Gasteiger charge is 2.24. The number of rotatable bonds is 7. The molecule has 0 spiro atoms. The van der Waals surface area contributed by atoms with E-state index in [1.165, 1.54) is 12.1 Å². The van der Waals surface area contributed by atoms with Gasteiger partial charge in [-0.25, -0.2) is 4.79 Å². The summed E-state index contributed by atoms with van der Waals surface area (Å²) in [7, 11) is 0. The summed E-state index contributed by atoms with van der Waals surface area (Å²) in [5.41, 5.74) is 1.68. The van der Waals surface area contributed by atoms with E-state index in [1.54, 1.807) is 17.0 Å². The zero-order chi connectivity index (χ0) is 19.2. The number of para-hydroxylation sites is 2. The van der Waals surface area contributed by atoms with E-state index in [-0.39, 0.29) is 30.4 Å². The molecule has 1 aliphatic rings. The van der Waals surface area contributed by atoms with Crippen LogP contribution >= 0.6 is 0 Å². The van der Waals surface area contributed by atoms with Crippen molar-refractivity contribution < 1.29 is 24.2 Å². The number of benzene rings is 2. The van der Waals surface area contributed by atoms with Gasteiger partial charge in [-0.15, -0.1) is 0 Å². The average Bonchev–Trinajstić information content (AvgIpc) is 2.67. The molecule has 0 aliphatic carbocycles. The van der Waals surface area contributed by atoms with Gasteiger partial charge in [0.05, 0.1) is 17.7 Å². The third-order valence-electron chi connectivity index (χ3n) is 4.25. The molecule has 2 aromatic carbocycles. The van der Waals surface area contributed by atoms with E-state index < -0.39 is 5.97 Å². The fourth-order valence-corrected chi connectivity index (χ4v) is 2.88. The van der Waals surface area contributed by atoms with Gasteiger partial charge in [0.2, 0.25) is 5.91 Å². The molecule has 0 aromatic heterocycles. The Bertz CT molecular complexity index is 848. The zero-order valence-corrected chi connectivity index (χ0v) is 14.7. The first-order valence-electron chi connectivity index (χ1n) is 8.66. The van der Waals surface area contributed by atoms with Crippen LogP contribution in [0.1, 0.15) is 22.3 Å². The van der Waals surface area contributed by atoms with E-state index in [0.29, 0.717) is 25.3 Å². The number of amides is 2. The number of carboxylic acids is 1. The van der Waals surface area contributed by atoms with Gasteiger partial charge in [-0.1, -0.05) is 24.3 Å². The number of fused-ring (bicyclic) bond motifs is 1. The van der Waals surface area contributed by atoms with Crippen LogP contribution in [0.15, 0.2) is 48.5 Å². The van der Waals surface area contributed by atoms with E-state index in [9.17, 15) is 14.4 Å². The molecule has 0 saturated carbocycles. The zero-order valence-electron chi connectivity index (χ0n) is 14.7. The van der Waals surface area contributed by atoms with Crippen molar-refractivity contribution in [1.82, 2.24) is 5.32 Å². The second-order valence-electron chi connectivity index (χ2n) is 6.18. The second kappa shape index (κ2) is 8.35. The van der Waals surface area contributed by atoms with Crippen LogP contribution in [0.3, 0.4) is 0 Å². The second-order valence-corrected chi connectivity index (χ2v) is 6.18. The maximum Gasteiger partial charge on any atom is 0.335 e. The third kappa shape index (κ3) is 4.63. The number of nitrogens with one attached hydrogen (secondary N) is 1. The van der Waals surface area contributed by atoms with Crippen LogP contribution in [0.2, 0.25) is 0 Å². The molecule has 0 radical (unpaired) electrons. The number of carbonyl (C=O) groups is 3. The van der Waals surface area contributed by atoms with E-state index in [4.69, 9.17) is 9.84 Å². The van der Waals surface area contributed by atoms with Gasteiger partial charge in [0.1, 0.15) is 5.75 Å². The number of hydrogen-bond acceptors (Lipinski definition) is 4. The predicted octanol–water partition coefficient (Wildman–Crippen LogP) is 1.86. The molecule has 2 amide bonds. The fourth-order valence-electron chi connectivity index (χ4n) is 2.88. The molecule has 0 bridgehead atoms. The fraction of sp³-hybridized carbons (Fsp3) is 0.250. The van der Waals surface area contributed by atoms with Gasteiger partial charge in [0.25, 0.3) is 5.91 Å². The van der Waals surface area contributed by atoms with Crippen molar-refractivity contribution in [2.24, 2.45) is 0 Å². The number of ether oxygens (including phenoxy) is 1. The summed E-state index contributed by atoms with van der Waals surface area (Å²) in [6.07, 6.45) is 0.795. The molecule has 0 fully saturated rings. The van der Waals surface area contributed by atoms with Crippen molar-refractivity contribution in [1.29, 1.82) is 0 Å². The van der Waals surface area contributed by atoms with Crippen molar-refractivity contribution >= 4 is 23.5 Å². The highest BCUT2D eigenvalue weighted by molar-refractivity contribution is 5.97. The Morgan fingerprint density at radius 3 is 2.59 bits per heavy atom. The van der Waals surface area contributed by atoms with Gasteiger partial charge in [0, 0.05) is 13.1 Å². The summed E-state index contributed by atoms with van der Waals surface area (Å²) in [5.74, 6) is -0.554. The van der Waals surface area contributed by atoms with Crippen molar-refractivity contribution in [2.75, 3.05) is 24.6 Å². The quantitative estimate of drug-likeness (QED) is 0.727. The van der Waals surface area contributed by atoms with Gasteiger partial charge in [-0.3, -0.25) is 9.59 Å². The van der Waals surface area contributed by atoms with Gasteiger partial charge in [-0.2, -0.15) is 0 Å². The average molecular weight is 368 g/mol. The van der Waals surface area contributed by atoms with Crippen LogP contribution < -0.4 is 15.0 Å². The van der Waals surface area contributed by atoms with Crippen LogP contribution in [-0.4, -0.2) is 42.6 Å². The first-order valence-corrected chi connectivity index (χ1v) is 8.66. The standard InChI is InChI=1S/C20H20N2O5/c23-18(12-14-6-8-15(9-7-14)20(25)26)21-10-3-11-22-16-4-1-2-5-17(16)27-13-19(22)24/h1-2,4-9H,3,10-13H2,(H,21,23)(H,25,26). The molecule has 0 saturated heterocycles. The van der Waals surface area contributed by atoms with Crippen LogP contribution in [0.25, 0.3) is 0 Å². The van der Waals surface area contributed by atoms with Crippen LogP contribution in [-0.2, 0) is 16.0 Å². The monoisotopic (exact) mass is 368 g/mol. The molecular weight excluding hydrogens is 348 g/mol. The molecular formula is C20H20N2O5. The molecule has 7 heteroatoms. The van der Waals surface area contributed by atoms with E-state index >= 15 is 0 Å². The van der Waals surface area contributed by atoms with Crippen LogP contribution in [0.5, 0.6) is 5.75 Å². The van der Waals surface area contributed by atoms with E-state index in [0.717, 1.165) is 11.3 Å². The first kappa shape index (κ1) is 18.4. The van der Waals surface area contributed by atoms with Gasteiger partial charge in [-0.05, 0) is 36.2 Å². The Kier molecular flexibility index (Phi) is 5.71.